The second-order valence-electron chi connectivity index (χ2n) is 2.18. The average Bonchev–Trinajstić information content (AvgIpc) is 2.55. The molecule has 0 saturated heterocycles. The van der Waals surface area contributed by atoms with Gasteiger partial charge in [-0.15, -0.1) is 10.2 Å². The SMILES string of the molecule is CCOC(=O)[C@H](C)n1ncnn1. The van der Waals surface area contributed by atoms with Gasteiger partial charge in [-0.1, -0.05) is 0 Å². The number of carbonyl (C=O) groups is 1. The molecule has 0 bridgehead atoms. The molecule has 0 aromatic carbocycles. The Bertz CT molecular complexity index is 246. The molecule has 0 saturated carbocycles. The summed E-state index contributed by atoms with van der Waals surface area (Å²) in [5.41, 5.74) is 0. The molecule has 0 unspecified atom stereocenters. The van der Waals surface area contributed by atoms with Crippen LogP contribution in [0.3, 0.4) is 0 Å². The molecule has 12 heavy (non-hydrogen) atoms. The standard InChI is InChI=1S/C6H10N4O2/c1-3-12-6(11)5(2)10-8-4-7-9-10/h4-5H,3H2,1-2H3/t5-/m0/s1. The van der Waals surface area contributed by atoms with Crippen molar-refractivity contribution in [2.75, 3.05) is 6.61 Å². The zero-order chi connectivity index (χ0) is 8.97. The van der Waals surface area contributed by atoms with Gasteiger partial charge in [0.1, 0.15) is 0 Å². The van der Waals surface area contributed by atoms with E-state index in [0.29, 0.717) is 6.61 Å². The third kappa shape index (κ3) is 1.77. The lowest BCUT2D eigenvalue weighted by molar-refractivity contribution is -0.147. The maximum Gasteiger partial charge on any atom is 0.332 e. The van der Waals surface area contributed by atoms with Gasteiger partial charge in [0.15, 0.2) is 12.4 Å². The van der Waals surface area contributed by atoms with Crippen molar-refractivity contribution in [3.63, 3.8) is 0 Å². The van der Waals surface area contributed by atoms with Crippen molar-refractivity contribution in [1.82, 2.24) is 20.2 Å². The molecule has 0 spiro atoms. The fourth-order valence-electron chi connectivity index (χ4n) is 0.710. The molecule has 0 aliphatic carbocycles. The number of nitrogens with zero attached hydrogens (tertiary/aromatic N) is 4. The lowest BCUT2D eigenvalue weighted by atomic mass is 10.4. The quantitative estimate of drug-likeness (QED) is 0.587. The molecule has 1 aromatic rings. The minimum atomic E-state index is -0.507. The fourth-order valence-corrected chi connectivity index (χ4v) is 0.710. The van der Waals surface area contributed by atoms with E-state index in [-0.39, 0.29) is 5.97 Å². The van der Waals surface area contributed by atoms with Crippen molar-refractivity contribution in [2.24, 2.45) is 0 Å². The Labute approximate surface area is 69.5 Å². The Balaban J connectivity index is 2.59. The Morgan fingerprint density at radius 3 is 3.00 bits per heavy atom. The molecule has 0 aliphatic rings. The van der Waals surface area contributed by atoms with Crippen LogP contribution in [0.15, 0.2) is 6.33 Å². The molecule has 66 valence electrons. The minimum Gasteiger partial charge on any atom is -0.464 e. The number of carbonyl (C=O) groups excluding carboxylic acids is 1. The van der Waals surface area contributed by atoms with Gasteiger partial charge >= 0.3 is 5.97 Å². The first kappa shape index (κ1) is 8.63. The van der Waals surface area contributed by atoms with Crippen LogP contribution < -0.4 is 0 Å². The number of ether oxygens (including phenoxy) is 1. The second kappa shape index (κ2) is 3.80. The molecule has 1 atom stereocenters. The van der Waals surface area contributed by atoms with Crippen LogP contribution in [0.4, 0.5) is 0 Å². The van der Waals surface area contributed by atoms with Crippen molar-refractivity contribution < 1.29 is 9.53 Å². The lowest BCUT2D eigenvalue weighted by Crippen LogP contribution is -2.21. The van der Waals surface area contributed by atoms with E-state index in [1.165, 1.54) is 11.1 Å². The fraction of sp³-hybridized carbons (Fsp3) is 0.667. The molecule has 6 heteroatoms. The molecule has 0 radical (unpaired) electrons. The van der Waals surface area contributed by atoms with Gasteiger partial charge < -0.3 is 4.74 Å². The van der Waals surface area contributed by atoms with Gasteiger partial charge in [-0.25, -0.2) is 4.79 Å². The summed E-state index contributed by atoms with van der Waals surface area (Å²) in [6.45, 7) is 3.76. The van der Waals surface area contributed by atoms with Crippen molar-refractivity contribution in [3.05, 3.63) is 6.33 Å². The predicted molar refractivity (Wildman–Crippen MR) is 39.2 cm³/mol. The Morgan fingerprint density at radius 1 is 1.75 bits per heavy atom. The van der Waals surface area contributed by atoms with Gasteiger partial charge in [0.05, 0.1) is 6.61 Å². The topological polar surface area (TPSA) is 69.9 Å². The van der Waals surface area contributed by atoms with E-state index in [1.54, 1.807) is 13.8 Å². The summed E-state index contributed by atoms with van der Waals surface area (Å²) >= 11 is 0. The first-order valence-electron chi connectivity index (χ1n) is 3.64. The molecule has 0 N–H and O–H groups in total. The highest BCUT2D eigenvalue weighted by Crippen LogP contribution is 2.01. The zero-order valence-corrected chi connectivity index (χ0v) is 6.97. The van der Waals surface area contributed by atoms with Crippen LogP contribution in [0.2, 0.25) is 0 Å². The molecule has 0 fully saturated rings. The highest BCUT2D eigenvalue weighted by Gasteiger charge is 2.17. The van der Waals surface area contributed by atoms with Crippen molar-refractivity contribution in [2.45, 2.75) is 19.9 Å². The number of tetrazole rings is 1. The van der Waals surface area contributed by atoms with Gasteiger partial charge in [-0.3, -0.25) is 0 Å². The van der Waals surface area contributed by atoms with Gasteiger partial charge in [0.25, 0.3) is 0 Å². The average molecular weight is 170 g/mol. The van der Waals surface area contributed by atoms with Crippen LogP contribution in [-0.2, 0) is 9.53 Å². The number of rotatable bonds is 3. The number of hydrogen-bond acceptors (Lipinski definition) is 5. The molecule has 0 aliphatic heterocycles. The molecule has 1 heterocycles. The molecule has 1 rings (SSSR count). The maximum atomic E-state index is 11.1. The highest BCUT2D eigenvalue weighted by atomic mass is 16.5. The highest BCUT2D eigenvalue weighted by molar-refractivity contribution is 5.73. The van der Waals surface area contributed by atoms with Crippen molar-refractivity contribution in [3.8, 4) is 0 Å². The summed E-state index contributed by atoms with van der Waals surface area (Å²) in [7, 11) is 0. The Kier molecular flexibility index (Phi) is 2.73. The number of hydrogen-bond donors (Lipinski definition) is 0. The van der Waals surface area contributed by atoms with Crippen molar-refractivity contribution in [1.29, 1.82) is 0 Å². The molecular weight excluding hydrogens is 160 g/mol. The van der Waals surface area contributed by atoms with Crippen molar-refractivity contribution >= 4 is 5.97 Å². The number of aromatic nitrogens is 4. The van der Waals surface area contributed by atoms with E-state index in [1.807, 2.05) is 0 Å². The summed E-state index contributed by atoms with van der Waals surface area (Å²) < 4.78 is 4.76. The van der Waals surface area contributed by atoms with E-state index < -0.39 is 6.04 Å². The Morgan fingerprint density at radius 2 is 2.50 bits per heavy atom. The lowest BCUT2D eigenvalue weighted by Gasteiger charge is -2.07. The minimum absolute atomic E-state index is 0.351. The zero-order valence-electron chi connectivity index (χ0n) is 6.97. The van der Waals surface area contributed by atoms with E-state index in [2.05, 4.69) is 15.4 Å². The van der Waals surface area contributed by atoms with Gasteiger partial charge in [-0.2, -0.15) is 4.80 Å². The molecule has 6 nitrogen and oxygen atoms in total. The first-order valence-corrected chi connectivity index (χ1v) is 3.64. The third-order valence-corrected chi connectivity index (χ3v) is 1.34. The number of esters is 1. The van der Waals surface area contributed by atoms with Gasteiger partial charge in [0.2, 0.25) is 0 Å². The van der Waals surface area contributed by atoms with E-state index in [9.17, 15) is 4.79 Å². The predicted octanol–water partition coefficient (Wildman–Crippen LogP) is -0.203. The summed E-state index contributed by atoms with van der Waals surface area (Å²) in [5.74, 6) is -0.351. The van der Waals surface area contributed by atoms with Crippen LogP contribution in [0, 0.1) is 0 Å². The smallest absolute Gasteiger partial charge is 0.332 e. The third-order valence-electron chi connectivity index (χ3n) is 1.34. The van der Waals surface area contributed by atoms with Crippen LogP contribution in [-0.4, -0.2) is 32.8 Å². The second-order valence-corrected chi connectivity index (χ2v) is 2.18. The van der Waals surface area contributed by atoms with Crippen LogP contribution >= 0.6 is 0 Å². The van der Waals surface area contributed by atoms with Crippen LogP contribution in [0.5, 0.6) is 0 Å². The molecule has 0 amide bonds. The van der Waals surface area contributed by atoms with E-state index >= 15 is 0 Å². The van der Waals surface area contributed by atoms with Crippen LogP contribution in [0.1, 0.15) is 19.9 Å². The monoisotopic (exact) mass is 170 g/mol. The van der Waals surface area contributed by atoms with E-state index in [4.69, 9.17) is 4.74 Å². The largest absolute Gasteiger partial charge is 0.464 e. The maximum absolute atomic E-state index is 11.1. The summed E-state index contributed by atoms with van der Waals surface area (Å²) in [5, 5.41) is 10.8. The Hall–Kier alpha value is -1.46. The van der Waals surface area contributed by atoms with E-state index in [0.717, 1.165) is 0 Å². The summed E-state index contributed by atoms with van der Waals surface area (Å²) in [4.78, 5) is 12.3. The van der Waals surface area contributed by atoms with Crippen LogP contribution in [0.25, 0.3) is 0 Å². The van der Waals surface area contributed by atoms with Gasteiger partial charge in [-0.05, 0) is 19.1 Å². The molecular formula is C6H10N4O2. The summed E-state index contributed by atoms with van der Waals surface area (Å²) in [6, 6.07) is -0.507. The normalized spacial score (nSPS) is 12.5. The molecule has 1 aromatic heterocycles. The first-order chi connectivity index (χ1) is 5.75. The van der Waals surface area contributed by atoms with Gasteiger partial charge in [0, 0.05) is 0 Å². The summed E-state index contributed by atoms with van der Waals surface area (Å²) in [6.07, 6.45) is 1.27.